The Balaban J connectivity index is 2.07. The minimum absolute atomic E-state index is 0.109. The molecule has 1 N–H and O–H groups in total. The van der Waals surface area contributed by atoms with Crippen LogP contribution in [0.25, 0.3) is 21.9 Å². The van der Waals surface area contributed by atoms with E-state index in [1.54, 1.807) is 12.1 Å². The van der Waals surface area contributed by atoms with Crippen LogP contribution in [0.1, 0.15) is 0 Å². The van der Waals surface area contributed by atoms with E-state index >= 15 is 0 Å². The monoisotopic (exact) mass is 283 g/mol. The number of hydrogen-bond donors (Lipinski definition) is 1. The fourth-order valence-electron chi connectivity index (χ4n) is 2.09. The van der Waals surface area contributed by atoms with Gasteiger partial charge in [0.1, 0.15) is 0 Å². The van der Waals surface area contributed by atoms with Gasteiger partial charge in [-0.1, -0.05) is 48.5 Å². The fraction of sp³-hybridized carbons (Fsp3) is 0. The standard InChI is InChI=1S/C16H11O3S/c17-20(18,19)16-9-7-13(8-10-16)15-6-5-12-3-1-2-4-14(12)11-15/h1-10H,(H,17,18,19). The minimum atomic E-state index is -4.15. The molecule has 0 heterocycles. The van der Waals surface area contributed by atoms with Gasteiger partial charge in [0.25, 0.3) is 10.1 Å². The Bertz CT molecular complexity index is 866. The van der Waals surface area contributed by atoms with E-state index in [2.05, 4.69) is 6.07 Å². The second kappa shape index (κ2) is 4.74. The summed E-state index contributed by atoms with van der Waals surface area (Å²) in [6.07, 6.45) is 0. The third-order valence-corrected chi connectivity index (χ3v) is 3.99. The van der Waals surface area contributed by atoms with Crippen LogP contribution < -0.4 is 0 Å². The Labute approximate surface area is 117 Å². The van der Waals surface area contributed by atoms with Gasteiger partial charge in [-0.2, -0.15) is 8.42 Å². The summed E-state index contributed by atoms with van der Waals surface area (Å²) in [4.78, 5) is -0.109. The zero-order valence-electron chi connectivity index (χ0n) is 10.4. The van der Waals surface area contributed by atoms with Gasteiger partial charge in [-0.3, -0.25) is 4.55 Å². The topological polar surface area (TPSA) is 54.4 Å². The molecule has 0 unspecified atom stereocenters. The van der Waals surface area contributed by atoms with Crippen LogP contribution in [0, 0.1) is 6.07 Å². The summed E-state index contributed by atoms with van der Waals surface area (Å²) < 4.78 is 31.0. The second-order valence-electron chi connectivity index (χ2n) is 4.46. The minimum Gasteiger partial charge on any atom is -0.282 e. The molecule has 0 aliphatic rings. The van der Waals surface area contributed by atoms with Crippen molar-refractivity contribution >= 4 is 20.9 Å². The molecule has 20 heavy (non-hydrogen) atoms. The summed E-state index contributed by atoms with van der Waals surface area (Å²) in [7, 11) is -4.15. The maximum atomic E-state index is 11.0. The normalized spacial score (nSPS) is 11.7. The molecule has 0 atom stereocenters. The molecule has 0 saturated carbocycles. The molecule has 0 aliphatic carbocycles. The Hall–Kier alpha value is -2.17. The molecule has 3 nitrogen and oxygen atoms in total. The van der Waals surface area contributed by atoms with Gasteiger partial charge >= 0.3 is 0 Å². The van der Waals surface area contributed by atoms with Crippen LogP contribution in [0.3, 0.4) is 0 Å². The van der Waals surface area contributed by atoms with E-state index in [0.29, 0.717) is 0 Å². The van der Waals surface area contributed by atoms with Crippen LogP contribution in [0.15, 0.2) is 65.6 Å². The van der Waals surface area contributed by atoms with E-state index in [9.17, 15) is 8.42 Å². The van der Waals surface area contributed by atoms with Gasteiger partial charge in [0, 0.05) is 0 Å². The average molecular weight is 283 g/mol. The molecule has 99 valence electrons. The summed E-state index contributed by atoms with van der Waals surface area (Å²) in [5.41, 5.74) is 1.73. The first-order chi connectivity index (χ1) is 9.54. The highest BCUT2D eigenvalue weighted by Gasteiger charge is 2.09. The highest BCUT2D eigenvalue weighted by Crippen LogP contribution is 2.24. The zero-order valence-corrected chi connectivity index (χ0v) is 11.3. The summed E-state index contributed by atoms with van der Waals surface area (Å²) >= 11 is 0. The predicted molar refractivity (Wildman–Crippen MR) is 78.0 cm³/mol. The van der Waals surface area contributed by atoms with E-state index in [-0.39, 0.29) is 4.90 Å². The van der Waals surface area contributed by atoms with Crippen LogP contribution >= 0.6 is 0 Å². The van der Waals surface area contributed by atoms with E-state index < -0.39 is 10.1 Å². The maximum absolute atomic E-state index is 11.0. The van der Waals surface area contributed by atoms with E-state index in [0.717, 1.165) is 21.9 Å². The Morgan fingerprint density at radius 2 is 1.55 bits per heavy atom. The van der Waals surface area contributed by atoms with E-state index in [1.165, 1.54) is 12.1 Å². The largest absolute Gasteiger partial charge is 0.294 e. The van der Waals surface area contributed by atoms with Gasteiger partial charge in [-0.05, 0) is 40.1 Å². The van der Waals surface area contributed by atoms with Gasteiger partial charge in [0.2, 0.25) is 0 Å². The lowest BCUT2D eigenvalue weighted by atomic mass is 10.0. The highest BCUT2D eigenvalue weighted by atomic mass is 32.2. The number of rotatable bonds is 2. The molecule has 3 rings (SSSR count). The van der Waals surface area contributed by atoms with Gasteiger partial charge in [0.15, 0.2) is 0 Å². The lowest BCUT2D eigenvalue weighted by Gasteiger charge is -2.04. The number of hydrogen-bond acceptors (Lipinski definition) is 2. The van der Waals surface area contributed by atoms with E-state index in [4.69, 9.17) is 4.55 Å². The third kappa shape index (κ3) is 2.43. The molecule has 0 aromatic heterocycles. The molecule has 0 aliphatic heterocycles. The fourth-order valence-corrected chi connectivity index (χ4v) is 2.57. The van der Waals surface area contributed by atoms with Crippen LogP contribution in [0.5, 0.6) is 0 Å². The second-order valence-corrected chi connectivity index (χ2v) is 5.88. The van der Waals surface area contributed by atoms with E-state index in [1.807, 2.05) is 36.4 Å². The van der Waals surface area contributed by atoms with Crippen molar-refractivity contribution in [2.45, 2.75) is 4.90 Å². The van der Waals surface area contributed by atoms with Gasteiger partial charge in [-0.15, -0.1) is 0 Å². The molecule has 1 radical (unpaired) electrons. The lowest BCUT2D eigenvalue weighted by Crippen LogP contribution is -1.97. The Morgan fingerprint density at radius 1 is 0.850 bits per heavy atom. The molecular formula is C16H11O3S. The molecule has 3 aromatic rings. The van der Waals surface area contributed by atoms with Gasteiger partial charge < -0.3 is 0 Å². The third-order valence-electron chi connectivity index (χ3n) is 3.12. The first-order valence-corrected chi connectivity index (χ1v) is 7.47. The summed E-state index contributed by atoms with van der Waals surface area (Å²) in [5.74, 6) is 0. The highest BCUT2D eigenvalue weighted by molar-refractivity contribution is 7.85. The first kappa shape index (κ1) is 12.8. The predicted octanol–water partition coefficient (Wildman–Crippen LogP) is 3.55. The maximum Gasteiger partial charge on any atom is 0.294 e. The van der Waals surface area contributed by atoms with Crippen LogP contribution in [0.2, 0.25) is 0 Å². The van der Waals surface area contributed by atoms with Crippen molar-refractivity contribution in [1.82, 2.24) is 0 Å². The smallest absolute Gasteiger partial charge is 0.282 e. The van der Waals surface area contributed by atoms with Gasteiger partial charge in [0.05, 0.1) is 4.90 Å². The van der Waals surface area contributed by atoms with Crippen molar-refractivity contribution in [3.63, 3.8) is 0 Å². The summed E-state index contributed by atoms with van der Waals surface area (Å²) in [5, 5.41) is 2.11. The zero-order chi connectivity index (χ0) is 14.2. The van der Waals surface area contributed by atoms with Crippen molar-refractivity contribution in [1.29, 1.82) is 0 Å². The first-order valence-electron chi connectivity index (χ1n) is 6.03. The van der Waals surface area contributed by atoms with Crippen LogP contribution in [-0.2, 0) is 10.1 Å². The van der Waals surface area contributed by atoms with Crippen molar-refractivity contribution in [3.05, 3.63) is 66.7 Å². The van der Waals surface area contributed by atoms with Crippen LogP contribution in [0.4, 0.5) is 0 Å². The molecule has 0 bridgehead atoms. The SMILES string of the molecule is O=S(=O)(O)c1ccc(-c2[c]c3ccccc3cc2)cc1. The molecule has 3 aromatic carbocycles. The molecule has 0 fully saturated rings. The van der Waals surface area contributed by atoms with Crippen molar-refractivity contribution in [2.75, 3.05) is 0 Å². The molecular weight excluding hydrogens is 272 g/mol. The molecule has 0 spiro atoms. The quantitative estimate of drug-likeness (QED) is 0.732. The summed E-state index contributed by atoms with van der Waals surface area (Å²) in [6.45, 7) is 0. The van der Waals surface area contributed by atoms with Gasteiger partial charge in [-0.25, -0.2) is 0 Å². The molecule has 4 heteroatoms. The molecule has 0 saturated heterocycles. The molecule has 0 amide bonds. The van der Waals surface area contributed by atoms with Crippen molar-refractivity contribution < 1.29 is 13.0 Å². The number of benzene rings is 3. The van der Waals surface area contributed by atoms with Crippen molar-refractivity contribution in [2.24, 2.45) is 0 Å². The average Bonchev–Trinajstić information content (AvgIpc) is 2.46. The summed E-state index contributed by atoms with van der Waals surface area (Å²) in [6, 6.07) is 21.2. The van der Waals surface area contributed by atoms with Crippen LogP contribution in [-0.4, -0.2) is 13.0 Å². The lowest BCUT2D eigenvalue weighted by molar-refractivity contribution is 0.483. The Kier molecular flexibility index (Phi) is 3.04. The Morgan fingerprint density at radius 3 is 2.25 bits per heavy atom. The van der Waals surface area contributed by atoms with Crippen molar-refractivity contribution in [3.8, 4) is 11.1 Å². The number of fused-ring (bicyclic) bond motifs is 1.